The number of pyridine rings is 1. The summed E-state index contributed by atoms with van der Waals surface area (Å²) in [4.78, 5) is 13.7. The molecular weight excluding hydrogens is 150 g/mol. The Hall–Kier alpha value is -1.05. The maximum absolute atomic E-state index is 11.0. The van der Waals surface area contributed by atoms with Gasteiger partial charge in [0.2, 0.25) is 0 Å². The summed E-state index contributed by atoms with van der Waals surface area (Å²) >= 11 is 0. The van der Waals surface area contributed by atoms with Crippen LogP contribution < -0.4 is 5.56 Å². The van der Waals surface area contributed by atoms with Gasteiger partial charge in [0.1, 0.15) is 0 Å². The lowest BCUT2D eigenvalue weighted by atomic mass is 10.1. The number of hydrogen-bond acceptors (Lipinski definition) is 1. The second-order valence-corrected chi connectivity index (χ2v) is 3.12. The fourth-order valence-corrected chi connectivity index (χ4v) is 1.18. The number of nitrogens with one attached hydrogen (secondary N) is 1. The molecule has 0 aliphatic heterocycles. The molecule has 0 unspecified atom stereocenters. The van der Waals surface area contributed by atoms with E-state index in [-0.39, 0.29) is 5.56 Å². The quantitative estimate of drug-likeness (QED) is 0.730. The van der Waals surface area contributed by atoms with Crippen molar-refractivity contribution in [2.75, 3.05) is 0 Å². The maximum atomic E-state index is 11.0. The van der Waals surface area contributed by atoms with E-state index in [9.17, 15) is 4.79 Å². The van der Waals surface area contributed by atoms with Crippen molar-refractivity contribution in [3.05, 3.63) is 33.7 Å². The van der Waals surface area contributed by atoms with E-state index in [1.54, 1.807) is 0 Å². The van der Waals surface area contributed by atoms with Crippen molar-refractivity contribution in [2.45, 2.75) is 33.1 Å². The Kier molecular flexibility index (Phi) is 3.09. The monoisotopic (exact) mass is 165 g/mol. The summed E-state index contributed by atoms with van der Waals surface area (Å²) in [5.74, 6) is 0. The van der Waals surface area contributed by atoms with Gasteiger partial charge in [-0.15, -0.1) is 0 Å². The fourth-order valence-electron chi connectivity index (χ4n) is 1.18. The minimum absolute atomic E-state index is 0.0234. The van der Waals surface area contributed by atoms with Crippen molar-refractivity contribution < 1.29 is 0 Å². The summed E-state index contributed by atoms with van der Waals surface area (Å²) in [5.41, 5.74) is 2.06. The molecule has 0 fully saturated rings. The first kappa shape index (κ1) is 9.04. The average Bonchev–Trinajstić information content (AvgIpc) is 2.07. The van der Waals surface area contributed by atoms with Gasteiger partial charge in [0.15, 0.2) is 0 Å². The lowest BCUT2D eigenvalue weighted by Crippen LogP contribution is -2.08. The average molecular weight is 165 g/mol. The molecule has 1 aromatic rings. The van der Waals surface area contributed by atoms with Crippen molar-refractivity contribution in [1.82, 2.24) is 4.98 Å². The van der Waals surface area contributed by atoms with Crippen molar-refractivity contribution in [3.63, 3.8) is 0 Å². The third-order valence-electron chi connectivity index (χ3n) is 1.97. The summed E-state index contributed by atoms with van der Waals surface area (Å²) in [5, 5.41) is 0. The highest BCUT2D eigenvalue weighted by Crippen LogP contribution is 2.02. The van der Waals surface area contributed by atoms with Gasteiger partial charge in [-0.1, -0.05) is 13.3 Å². The van der Waals surface area contributed by atoms with Crippen LogP contribution in [0.5, 0.6) is 0 Å². The van der Waals surface area contributed by atoms with Crippen LogP contribution in [0, 0.1) is 6.92 Å². The molecule has 0 spiro atoms. The van der Waals surface area contributed by atoms with E-state index in [1.807, 2.05) is 19.2 Å². The van der Waals surface area contributed by atoms with Crippen LogP contribution >= 0.6 is 0 Å². The molecule has 1 aromatic heterocycles. The van der Waals surface area contributed by atoms with Gasteiger partial charge >= 0.3 is 0 Å². The molecule has 0 aliphatic rings. The minimum Gasteiger partial charge on any atom is -0.329 e. The number of hydrogen-bond donors (Lipinski definition) is 1. The number of H-pyrrole nitrogens is 1. The smallest absolute Gasteiger partial charge is 0.250 e. The fraction of sp³-hybridized carbons (Fsp3) is 0.500. The Bertz CT molecular complexity index is 301. The molecule has 0 aliphatic carbocycles. The van der Waals surface area contributed by atoms with Gasteiger partial charge in [0.05, 0.1) is 0 Å². The van der Waals surface area contributed by atoms with Crippen LogP contribution in [0.25, 0.3) is 0 Å². The van der Waals surface area contributed by atoms with Crippen molar-refractivity contribution in [3.8, 4) is 0 Å². The molecule has 0 atom stereocenters. The highest BCUT2D eigenvalue weighted by Gasteiger charge is 1.95. The second kappa shape index (κ2) is 4.10. The zero-order chi connectivity index (χ0) is 8.97. The standard InChI is InChI=1S/C10H15NO/c1-3-4-5-9-6-8(2)10(12)11-7-9/h6-7H,3-5H2,1-2H3,(H,11,12). The van der Waals surface area contributed by atoms with Gasteiger partial charge in [0.25, 0.3) is 5.56 Å². The summed E-state index contributed by atoms with van der Waals surface area (Å²) in [6.07, 6.45) is 5.25. The van der Waals surface area contributed by atoms with Crippen molar-refractivity contribution >= 4 is 0 Å². The van der Waals surface area contributed by atoms with Crippen LogP contribution in [0.2, 0.25) is 0 Å². The number of aromatic nitrogens is 1. The van der Waals surface area contributed by atoms with Crippen LogP contribution in [0.4, 0.5) is 0 Å². The Morgan fingerprint density at radius 2 is 2.25 bits per heavy atom. The minimum atomic E-state index is 0.0234. The predicted molar refractivity (Wildman–Crippen MR) is 50.4 cm³/mol. The topological polar surface area (TPSA) is 32.9 Å². The molecule has 0 aromatic carbocycles. The van der Waals surface area contributed by atoms with E-state index in [1.165, 1.54) is 18.4 Å². The lowest BCUT2D eigenvalue weighted by molar-refractivity contribution is 0.790. The zero-order valence-electron chi connectivity index (χ0n) is 7.68. The molecule has 0 radical (unpaired) electrons. The zero-order valence-corrected chi connectivity index (χ0v) is 7.68. The van der Waals surface area contributed by atoms with Gasteiger partial charge in [-0.3, -0.25) is 4.79 Å². The van der Waals surface area contributed by atoms with Gasteiger partial charge < -0.3 is 4.98 Å². The van der Waals surface area contributed by atoms with E-state index in [4.69, 9.17) is 0 Å². The number of rotatable bonds is 3. The Morgan fingerprint density at radius 3 is 2.83 bits per heavy atom. The first-order valence-corrected chi connectivity index (χ1v) is 4.42. The molecule has 66 valence electrons. The highest BCUT2D eigenvalue weighted by molar-refractivity contribution is 5.16. The van der Waals surface area contributed by atoms with Crippen molar-refractivity contribution in [1.29, 1.82) is 0 Å². The Balaban J connectivity index is 2.75. The molecule has 1 N–H and O–H groups in total. The number of unbranched alkanes of at least 4 members (excludes halogenated alkanes) is 1. The maximum Gasteiger partial charge on any atom is 0.250 e. The van der Waals surface area contributed by atoms with E-state index in [0.29, 0.717) is 0 Å². The third kappa shape index (κ3) is 2.22. The first-order valence-electron chi connectivity index (χ1n) is 4.42. The molecule has 2 nitrogen and oxygen atoms in total. The number of aromatic amines is 1. The molecular formula is C10H15NO. The van der Waals surface area contributed by atoms with E-state index in [0.717, 1.165) is 12.0 Å². The molecule has 1 heterocycles. The lowest BCUT2D eigenvalue weighted by Gasteiger charge is -1.99. The normalized spacial score (nSPS) is 10.2. The molecule has 0 amide bonds. The van der Waals surface area contributed by atoms with E-state index < -0.39 is 0 Å². The van der Waals surface area contributed by atoms with Gasteiger partial charge in [0, 0.05) is 11.8 Å². The number of aryl methyl sites for hydroxylation is 2. The molecule has 1 rings (SSSR count). The molecule has 0 saturated heterocycles. The van der Waals surface area contributed by atoms with Crippen LogP contribution in [-0.2, 0) is 6.42 Å². The first-order chi connectivity index (χ1) is 5.74. The summed E-state index contributed by atoms with van der Waals surface area (Å²) in [6, 6.07) is 1.97. The van der Waals surface area contributed by atoms with Crippen LogP contribution in [0.15, 0.2) is 17.1 Å². The molecule has 12 heavy (non-hydrogen) atoms. The Labute approximate surface area is 72.6 Å². The molecule has 2 heteroatoms. The molecule has 0 bridgehead atoms. The Morgan fingerprint density at radius 1 is 1.50 bits per heavy atom. The SMILES string of the molecule is CCCCc1c[nH]c(=O)c(C)c1. The van der Waals surface area contributed by atoms with E-state index in [2.05, 4.69) is 11.9 Å². The van der Waals surface area contributed by atoms with Crippen molar-refractivity contribution in [2.24, 2.45) is 0 Å². The van der Waals surface area contributed by atoms with Crippen LogP contribution in [0.1, 0.15) is 30.9 Å². The largest absolute Gasteiger partial charge is 0.329 e. The predicted octanol–water partition coefficient (Wildman–Crippen LogP) is 2.03. The van der Waals surface area contributed by atoms with Crippen LogP contribution in [0.3, 0.4) is 0 Å². The molecule has 0 saturated carbocycles. The summed E-state index contributed by atoms with van der Waals surface area (Å²) < 4.78 is 0. The second-order valence-electron chi connectivity index (χ2n) is 3.12. The van der Waals surface area contributed by atoms with Crippen LogP contribution in [-0.4, -0.2) is 4.98 Å². The van der Waals surface area contributed by atoms with E-state index >= 15 is 0 Å². The summed E-state index contributed by atoms with van der Waals surface area (Å²) in [6.45, 7) is 4.01. The van der Waals surface area contributed by atoms with Gasteiger partial charge in [-0.05, 0) is 31.4 Å². The highest BCUT2D eigenvalue weighted by atomic mass is 16.1. The summed E-state index contributed by atoms with van der Waals surface area (Å²) in [7, 11) is 0. The van der Waals surface area contributed by atoms with Gasteiger partial charge in [-0.25, -0.2) is 0 Å². The third-order valence-corrected chi connectivity index (χ3v) is 1.97. The van der Waals surface area contributed by atoms with Gasteiger partial charge in [-0.2, -0.15) is 0 Å².